The van der Waals surface area contributed by atoms with Gasteiger partial charge in [-0.3, -0.25) is 4.79 Å². The Bertz CT molecular complexity index is 678. The first-order chi connectivity index (χ1) is 11.1. The molecule has 24 heavy (non-hydrogen) atoms. The fourth-order valence-corrected chi connectivity index (χ4v) is 4.27. The summed E-state index contributed by atoms with van der Waals surface area (Å²) < 4.78 is 32.1. The number of amides is 1. The zero-order valence-corrected chi connectivity index (χ0v) is 15.5. The molecule has 0 saturated carbocycles. The second-order valence-corrected chi connectivity index (χ2v) is 9.05. The summed E-state index contributed by atoms with van der Waals surface area (Å²) in [6, 6.07) is 6.32. The molecule has 0 aliphatic carbocycles. The third-order valence-electron chi connectivity index (χ3n) is 3.95. The third kappa shape index (κ3) is 4.48. The molecule has 0 radical (unpaired) electrons. The maximum atomic E-state index is 12.8. The van der Waals surface area contributed by atoms with Crippen LogP contribution in [0.25, 0.3) is 0 Å². The van der Waals surface area contributed by atoms with Crippen molar-refractivity contribution in [1.82, 2.24) is 9.62 Å². The maximum Gasteiger partial charge on any atom is 0.243 e. The number of nitrogens with zero attached hydrogens (tertiary/aromatic N) is 1. The largest absolute Gasteiger partial charge is 0.497 e. The van der Waals surface area contributed by atoms with Crippen molar-refractivity contribution in [2.24, 2.45) is 5.92 Å². The highest BCUT2D eigenvalue weighted by Gasteiger charge is 2.34. The number of methoxy groups -OCH3 is 1. The highest BCUT2D eigenvalue weighted by atomic mass is 32.2. The Morgan fingerprint density at radius 2 is 1.88 bits per heavy atom. The number of ether oxygens (including phenoxy) is 1. The number of benzene rings is 1. The summed E-state index contributed by atoms with van der Waals surface area (Å²) in [5, 5.41) is 2.94. The molecule has 1 aromatic carbocycles. The van der Waals surface area contributed by atoms with Crippen LogP contribution in [-0.2, 0) is 14.8 Å². The van der Waals surface area contributed by atoms with Crippen molar-refractivity contribution >= 4 is 15.9 Å². The van der Waals surface area contributed by atoms with Crippen molar-refractivity contribution in [3.8, 4) is 5.75 Å². The number of hydrogen-bond donors (Lipinski definition) is 1. The van der Waals surface area contributed by atoms with Crippen LogP contribution in [-0.4, -0.2) is 44.4 Å². The second kappa shape index (κ2) is 7.11. The Morgan fingerprint density at radius 3 is 2.42 bits per heavy atom. The number of hydrogen-bond acceptors (Lipinski definition) is 4. The molecule has 1 unspecified atom stereocenters. The Hall–Kier alpha value is -1.60. The SMILES string of the molecule is COc1ccc(S(=O)(=O)N2CCCC(C(=O)NC(C)(C)C)C2)cc1. The number of piperidine rings is 1. The standard InChI is InChI=1S/C17H26N2O4S/c1-17(2,3)18-16(20)13-6-5-11-19(12-13)24(21,22)15-9-7-14(23-4)8-10-15/h7-10,13H,5-6,11-12H2,1-4H3,(H,18,20). The lowest BCUT2D eigenvalue weighted by molar-refractivity contribution is -0.127. The van der Waals surface area contributed by atoms with Crippen molar-refractivity contribution in [2.75, 3.05) is 20.2 Å². The first-order valence-electron chi connectivity index (χ1n) is 8.10. The summed E-state index contributed by atoms with van der Waals surface area (Å²) >= 11 is 0. The molecule has 1 N–H and O–H groups in total. The fourth-order valence-electron chi connectivity index (χ4n) is 2.74. The Labute approximate surface area is 144 Å². The van der Waals surface area contributed by atoms with E-state index < -0.39 is 10.0 Å². The fraction of sp³-hybridized carbons (Fsp3) is 0.588. The topological polar surface area (TPSA) is 75.7 Å². The van der Waals surface area contributed by atoms with Gasteiger partial charge in [-0.15, -0.1) is 0 Å². The van der Waals surface area contributed by atoms with E-state index in [-0.39, 0.29) is 28.8 Å². The smallest absolute Gasteiger partial charge is 0.243 e. The van der Waals surface area contributed by atoms with Gasteiger partial charge in [-0.25, -0.2) is 8.42 Å². The monoisotopic (exact) mass is 354 g/mol. The predicted molar refractivity (Wildman–Crippen MR) is 92.4 cm³/mol. The van der Waals surface area contributed by atoms with Gasteiger partial charge in [-0.05, 0) is 57.9 Å². The molecule has 1 amide bonds. The van der Waals surface area contributed by atoms with E-state index in [0.29, 0.717) is 25.1 Å². The van der Waals surface area contributed by atoms with E-state index in [2.05, 4.69) is 5.32 Å². The maximum absolute atomic E-state index is 12.8. The van der Waals surface area contributed by atoms with Gasteiger partial charge in [-0.2, -0.15) is 4.31 Å². The molecular formula is C17H26N2O4S. The highest BCUT2D eigenvalue weighted by molar-refractivity contribution is 7.89. The average Bonchev–Trinajstić information content (AvgIpc) is 2.53. The molecule has 1 aliphatic heterocycles. The van der Waals surface area contributed by atoms with E-state index in [9.17, 15) is 13.2 Å². The van der Waals surface area contributed by atoms with Crippen LogP contribution >= 0.6 is 0 Å². The molecule has 0 spiro atoms. The zero-order valence-electron chi connectivity index (χ0n) is 14.7. The van der Waals surface area contributed by atoms with Crippen LogP contribution in [0.5, 0.6) is 5.75 Å². The van der Waals surface area contributed by atoms with E-state index >= 15 is 0 Å². The minimum atomic E-state index is -3.60. The molecule has 1 saturated heterocycles. The van der Waals surface area contributed by atoms with Crippen LogP contribution in [0.4, 0.5) is 0 Å². The van der Waals surface area contributed by atoms with Gasteiger partial charge in [0.05, 0.1) is 17.9 Å². The highest BCUT2D eigenvalue weighted by Crippen LogP contribution is 2.25. The number of carbonyl (C=O) groups excluding carboxylic acids is 1. The average molecular weight is 354 g/mol. The minimum Gasteiger partial charge on any atom is -0.497 e. The van der Waals surface area contributed by atoms with E-state index in [4.69, 9.17) is 4.74 Å². The van der Waals surface area contributed by atoms with Crippen molar-refractivity contribution in [3.63, 3.8) is 0 Å². The second-order valence-electron chi connectivity index (χ2n) is 7.12. The number of carbonyl (C=O) groups is 1. The van der Waals surface area contributed by atoms with Crippen LogP contribution in [0.2, 0.25) is 0 Å². The molecule has 1 heterocycles. The normalized spacial score (nSPS) is 19.8. The zero-order chi connectivity index (χ0) is 18.0. The summed E-state index contributed by atoms with van der Waals surface area (Å²) in [5.41, 5.74) is -0.325. The van der Waals surface area contributed by atoms with Crippen LogP contribution in [0.15, 0.2) is 29.2 Å². The molecule has 1 aromatic rings. The molecule has 7 heteroatoms. The summed E-state index contributed by atoms with van der Waals surface area (Å²) in [7, 11) is -2.07. The van der Waals surface area contributed by atoms with Crippen LogP contribution in [0, 0.1) is 5.92 Å². The number of rotatable bonds is 4. The molecule has 2 rings (SSSR count). The summed E-state index contributed by atoms with van der Waals surface area (Å²) in [4.78, 5) is 12.6. The van der Waals surface area contributed by atoms with Gasteiger partial charge in [0.1, 0.15) is 5.75 Å². The number of sulfonamides is 1. The molecule has 1 fully saturated rings. The lowest BCUT2D eigenvalue weighted by atomic mass is 9.97. The molecule has 6 nitrogen and oxygen atoms in total. The first-order valence-corrected chi connectivity index (χ1v) is 9.54. The van der Waals surface area contributed by atoms with E-state index in [1.165, 1.54) is 23.5 Å². The first kappa shape index (κ1) is 18.7. The van der Waals surface area contributed by atoms with Crippen LogP contribution in [0.3, 0.4) is 0 Å². The van der Waals surface area contributed by atoms with Gasteiger partial charge in [0.25, 0.3) is 0 Å². The van der Waals surface area contributed by atoms with Crippen LogP contribution < -0.4 is 10.1 Å². The number of nitrogens with one attached hydrogen (secondary N) is 1. The van der Waals surface area contributed by atoms with E-state index in [1.807, 2.05) is 20.8 Å². The van der Waals surface area contributed by atoms with Gasteiger partial charge in [0.15, 0.2) is 0 Å². The molecule has 0 bridgehead atoms. The lowest BCUT2D eigenvalue weighted by Crippen LogP contribution is -2.49. The van der Waals surface area contributed by atoms with Gasteiger partial charge >= 0.3 is 0 Å². The molecule has 134 valence electrons. The Morgan fingerprint density at radius 1 is 1.25 bits per heavy atom. The van der Waals surface area contributed by atoms with Gasteiger partial charge < -0.3 is 10.1 Å². The quantitative estimate of drug-likeness (QED) is 0.897. The Kier molecular flexibility index (Phi) is 5.55. The van der Waals surface area contributed by atoms with Gasteiger partial charge in [0, 0.05) is 18.6 Å². The van der Waals surface area contributed by atoms with Gasteiger partial charge in [-0.1, -0.05) is 0 Å². The molecule has 1 atom stereocenters. The summed E-state index contributed by atoms with van der Waals surface area (Å²) in [5.74, 6) is 0.207. The Balaban J connectivity index is 2.14. The van der Waals surface area contributed by atoms with Crippen molar-refractivity contribution in [1.29, 1.82) is 0 Å². The van der Waals surface area contributed by atoms with Crippen molar-refractivity contribution < 1.29 is 17.9 Å². The van der Waals surface area contributed by atoms with Gasteiger partial charge in [0.2, 0.25) is 15.9 Å². The molecule has 0 aromatic heterocycles. The van der Waals surface area contributed by atoms with Crippen LogP contribution in [0.1, 0.15) is 33.6 Å². The van der Waals surface area contributed by atoms with E-state index in [0.717, 1.165) is 0 Å². The molecular weight excluding hydrogens is 328 g/mol. The summed E-state index contributed by atoms with van der Waals surface area (Å²) in [6.07, 6.45) is 1.38. The van der Waals surface area contributed by atoms with Crippen molar-refractivity contribution in [3.05, 3.63) is 24.3 Å². The summed E-state index contributed by atoms with van der Waals surface area (Å²) in [6.45, 7) is 6.41. The van der Waals surface area contributed by atoms with Crippen molar-refractivity contribution in [2.45, 2.75) is 44.0 Å². The molecule has 1 aliphatic rings. The minimum absolute atomic E-state index is 0.0860. The predicted octanol–water partition coefficient (Wildman–Crippen LogP) is 2.01. The van der Waals surface area contributed by atoms with E-state index in [1.54, 1.807) is 12.1 Å². The lowest BCUT2D eigenvalue weighted by Gasteiger charge is -2.33. The third-order valence-corrected chi connectivity index (χ3v) is 5.83.